The van der Waals surface area contributed by atoms with Gasteiger partial charge in [0.15, 0.2) is 0 Å². The van der Waals surface area contributed by atoms with Crippen LogP contribution in [0.4, 0.5) is 0 Å². The molecule has 0 saturated carbocycles. The summed E-state index contributed by atoms with van der Waals surface area (Å²) in [4.78, 5) is 0. The molecule has 1 aromatic rings. The average Bonchev–Trinajstić information content (AvgIpc) is 2.17. The van der Waals surface area contributed by atoms with Crippen molar-refractivity contribution < 1.29 is 5.11 Å². The topological polar surface area (TPSA) is 20.2 Å². The number of phenols is 1. The molecule has 1 aromatic carbocycles. The second-order valence-corrected chi connectivity index (χ2v) is 3.90. The monoisotopic (exact) mass is 188 g/mol. The maximum Gasteiger partial charge on any atom is 0.115 e. The third-order valence-electron chi connectivity index (χ3n) is 2.64. The lowest BCUT2D eigenvalue weighted by atomic mass is 9.78. The maximum absolute atomic E-state index is 9.18. The molecule has 1 N–H and O–H groups in total. The van der Waals surface area contributed by atoms with Gasteiger partial charge in [-0.05, 0) is 23.3 Å². The van der Waals surface area contributed by atoms with E-state index in [0.29, 0.717) is 0 Å². The van der Waals surface area contributed by atoms with E-state index < -0.39 is 0 Å². The highest BCUT2D eigenvalue weighted by Gasteiger charge is 2.21. The summed E-state index contributed by atoms with van der Waals surface area (Å²) in [7, 11) is 0. The van der Waals surface area contributed by atoms with Crippen molar-refractivity contribution in [3.8, 4) is 5.75 Å². The van der Waals surface area contributed by atoms with Gasteiger partial charge in [0.1, 0.15) is 5.75 Å². The zero-order valence-corrected chi connectivity index (χ0v) is 8.75. The minimum atomic E-state index is -0.130. The lowest BCUT2D eigenvalue weighted by Crippen LogP contribution is -2.18. The molecule has 0 radical (unpaired) electrons. The van der Waals surface area contributed by atoms with Gasteiger partial charge in [0.05, 0.1) is 0 Å². The zero-order chi connectivity index (χ0) is 10.8. The van der Waals surface area contributed by atoms with Crippen LogP contribution in [0, 0.1) is 0 Å². The van der Waals surface area contributed by atoms with Gasteiger partial charge in [-0.3, -0.25) is 0 Å². The molecule has 0 aliphatic heterocycles. The number of allylic oxidation sites excluding steroid dienone is 2. The summed E-state index contributed by atoms with van der Waals surface area (Å²) >= 11 is 0. The second-order valence-electron chi connectivity index (χ2n) is 3.90. The molecular weight excluding hydrogens is 172 g/mol. The molecule has 0 amide bonds. The standard InChI is InChI=1S/C13H16O/c1-5-10(2)13(3,4)11-6-8-12(14)9-7-11/h5-9,14H,1-2H2,3-4H3. The highest BCUT2D eigenvalue weighted by molar-refractivity contribution is 5.39. The van der Waals surface area contributed by atoms with E-state index in [4.69, 9.17) is 0 Å². The minimum Gasteiger partial charge on any atom is -0.508 e. The summed E-state index contributed by atoms with van der Waals surface area (Å²) in [5.41, 5.74) is 1.97. The summed E-state index contributed by atoms with van der Waals surface area (Å²) in [6.07, 6.45) is 1.77. The first-order chi connectivity index (χ1) is 6.48. The van der Waals surface area contributed by atoms with Crippen molar-refractivity contribution in [2.45, 2.75) is 19.3 Å². The smallest absolute Gasteiger partial charge is 0.115 e. The molecule has 0 atom stereocenters. The largest absolute Gasteiger partial charge is 0.508 e. The highest BCUT2D eigenvalue weighted by Crippen LogP contribution is 2.31. The van der Waals surface area contributed by atoms with E-state index in [2.05, 4.69) is 27.0 Å². The lowest BCUT2D eigenvalue weighted by molar-refractivity contribution is 0.474. The van der Waals surface area contributed by atoms with Crippen LogP contribution in [-0.4, -0.2) is 5.11 Å². The third-order valence-corrected chi connectivity index (χ3v) is 2.64. The molecule has 0 aliphatic rings. The van der Waals surface area contributed by atoms with Crippen LogP contribution in [0.5, 0.6) is 5.75 Å². The van der Waals surface area contributed by atoms with Gasteiger partial charge in [0.25, 0.3) is 0 Å². The number of hydrogen-bond donors (Lipinski definition) is 1. The molecule has 14 heavy (non-hydrogen) atoms. The Labute approximate surface area is 85.4 Å². The van der Waals surface area contributed by atoms with E-state index in [1.54, 1.807) is 18.2 Å². The molecule has 0 fully saturated rings. The Morgan fingerprint density at radius 3 is 2.21 bits per heavy atom. The predicted octanol–water partition coefficient (Wildman–Crippen LogP) is 3.41. The van der Waals surface area contributed by atoms with Crippen molar-refractivity contribution in [3.05, 3.63) is 54.6 Å². The molecule has 0 aromatic heterocycles. The molecule has 0 spiro atoms. The highest BCUT2D eigenvalue weighted by atomic mass is 16.3. The number of phenolic OH excluding ortho intramolecular Hbond substituents is 1. The van der Waals surface area contributed by atoms with Crippen LogP contribution in [0.3, 0.4) is 0 Å². The van der Waals surface area contributed by atoms with Gasteiger partial charge < -0.3 is 5.11 Å². The summed E-state index contributed by atoms with van der Waals surface area (Å²) in [5, 5.41) is 9.18. The van der Waals surface area contributed by atoms with Crippen molar-refractivity contribution in [2.75, 3.05) is 0 Å². The van der Waals surface area contributed by atoms with Gasteiger partial charge >= 0.3 is 0 Å². The predicted molar refractivity (Wildman–Crippen MR) is 60.5 cm³/mol. The van der Waals surface area contributed by atoms with Gasteiger partial charge in [0, 0.05) is 5.41 Å². The van der Waals surface area contributed by atoms with Crippen LogP contribution in [0.25, 0.3) is 0 Å². The molecule has 1 nitrogen and oxygen atoms in total. The van der Waals surface area contributed by atoms with Crippen LogP contribution in [-0.2, 0) is 5.41 Å². The summed E-state index contributed by atoms with van der Waals surface area (Å²) < 4.78 is 0. The average molecular weight is 188 g/mol. The summed E-state index contributed by atoms with van der Waals surface area (Å²) in [6.45, 7) is 11.9. The Bertz CT molecular complexity index is 344. The van der Waals surface area contributed by atoms with E-state index in [0.717, 1.165) is 11.1 Å². The van der Waals surface area contributed by atoms with Gasteiger partial charge in [-0.15, -0.1) is 0 Å². The number of aromatic hydroxyl groups is 1. The van der Waals surface area contributed by atoms with Gasteiger partial charge in [-0.1, -0.05) is 45.2 Å². The quantitative estimate of drug-likeness (QED) is 0.721. The van der Waals surface area contributed by atoms with Crippen LogP contribution >= 0.6 is 0 Å². The van der Waals surface area contributed by atoms with Gasteiger partial charge in [-0.2, -0.15) is 0 Å². The first-order valence-corrected chi connectivity index (χ1v) is 4.60. The van der Waals surface area contributed by atoms with E-state index in [-0.39, 0.29) is 11.2 Å². The van der Waals surface area contributed by atoms with Crippen LogP contribution < -0.4 is 0 Å². The molecule has 1 rings (SSSR count). The maximum atomic E-state index is 9.18. The number of benzene rings is 1. The normalized spacial score (nSPS) is 11.0. The van der Waals surface area contributed by atoms with E-state index in [9.17, 15) is 5.11 Å². The van der Waals surface area contributed by atoms with Gasteiger partial charge in [-0.25, -0.2) is 0 Å². The molecule has 0 saturated heterocycles. The van der Waals surface area contributed by atoms with E-state index >= 15 is 0 Å². The fourth-order valence-electron chi connectivity index (χ4n) is 1.32. The first-order valence-electron chi connectivity index (χ1n) is 4.60. The van der Waals surface area contributed by atoms with Crippen molar-refractivity contribution in [1.29, 1.82) is 0 Å². The lowest BCUT2D eigenvalue weighted by Gasteiger charge is -2.26. The Balaban J connectivity index is 3.09. The summed E-state index contributed by atoms with van der Waals surface area (Å²) in [6, 6.07) is 7.19. The molecule has 0 bridgehead atoms. The Morgan fingerprint density at radius 1 is 1.29 bits per heavy atom. The first kappa shape index (κ1) is 10.6. The number of rotatable bonds is 3. The van der Waals surface area contributed by atoms with Crippen LogP contribution in [0.2, 0.25) is 0 Å². The zero-order valence-electron chi connectivity index (χ0n) is 8.75. The van der Waals surface area contributed by atoms with E-state index in [1.165, 1.54) is 0 Å². The Kier molecular flexibility index (Phi) is 2.80. The molecule has 74 valence electrons. The molecule has 1 heteroatoms. The van der Waals surface area contributed by atoms with E-state index in [1.807, 2.05) is 12.1 Å². The van der Waals surface area contributed by atoms with Crippen molar-refractivity contribution >= 4 is 0 Å². The number of hydrogen-bond acceptors (Lipinski definition) is 1. The Morgan fingerprint density at radius 2 is 1.79 bits per heavy atom. The molecule has 0 unspecified atom stereocenters. The fraction of sp³-hybridized carbons (Fsp3) is 0.231. The summed E-state index contributed by atoms with van der Waals surface area (Å²) in [5.74, 6) is 0.286. The fourth-order valence-corrected chi connectivity index (χ4v) is 1.32. The Hall–Kier alpha value is -1.50. The van der Waals surface area contributed by atoms with Crippen LogP contribution in [0.15, 0.2) is 49.1 Å². The van der Waals surface area contributed by atoms with Crippen molar-refractivity contribution in [3.63, 3.8) is 0 Å². The van der Waals surface area contributed by atoms with Crippen molar-refractivity contribution in [1.82, 2.24) is 0 Å². The molecular formula is C13H16O. The third kappa shape index (κ3) is 1.87. The second kappa shape index (κ2) is 3.70. The SMILES string of the molecule is C=CC(=C)C(C)(C)c1ccc(O)cc1. The minimum absolute atomic E-state index is 0.130. The van der Waals surface area contributed by atoms with Crippen molar-refractivity contribution in [2.24, 2.45) is 0 Å². The molecule has 0 heterocycles. The van der Waals surface area contributed by atoms with Gasteiger partial charge in [0.2, 0.25) is 0 Å². The molecule has 0 aliphatic carbocycles. The van der Waals surface area contributed by atoms with Crippen LogP contribution in [0.1, 0.15) is 19.4 Å².